The van der Waals surface area contributed by atoms with E-state index in [-0.39, 0.29) is 10.4 Å². The number of alkyl halides is 8. The highest BCUT2D eigenvalue weighted by Gasteiger charge is 2.57. The van der Waals surface area contributed by atoms with Crippen molar-refractivity contribution in [3.8, 4) is 11.3 Å². The molecule has 0 fully saturated rings. The molecule has 0 saturated carbocycles. The highest BCUT2D eigenvalue weighted by molar-refractivity contribution is 7.46. The molecule has 356 valence electrons. The number of phosphoric ester groups is 1. The molecule has 63 heavy (non-hydrogen) atoms. The molecule has 0 bridgehead atoms. The second kappa shape index (κ2) is 21.3. The van der Waals surface area contributed by atoms with Crippen molar-refractivity contribution in [2.75, 3.05) is 34.1 Å². The van der Waals surface area contributed by atoms with Gasteiger partial charge in [-0.1, -0.05) is 0 Å². The van der Waals surface area contributed by atoms with Crippen LogP contribution >= 0.6 is 7.82 Å². The number of carbonyl (C=O) groups is 5. The lowest BCUT2D eigenvalue weighted by atomic mass is 9.83. The molecule has 4 amide bonds. The van der Waals surface area contributed by atoms with Crippen molar-refractivity contribution < 1.29 is 106 Å². The van der Waals surface area contributed by atoms with Gasteiger partial charge in [0.1, 0.15) is 29.8 Å². The molecule has 0 aliphatic rings. The number of nitrogens with one attached hydrogen (secondary N) is 4. The Morgan fingerprint density at radius 2 is 1.35 bits per heavy atom. The van der Waals surface area contributed by atoms with Crippen LogP contribution in [-0.4, -0.2) is 119 Å². The molecule has 0 aliphatic carbocycles. The average molecular weight is 952 g/mol. The minimum atomic E-state index is -5.31. The Morgan fingerprint density at radius 3 is 1.78 bits per heavy atom. The third kappa shape index (κ3) is 15.1. The maximum atomic E-state index is 15.7. The maximum Gasteiger partial charge on any atom is 0.510 e. The van der Waals surface area contributed by atoms with Gasteiger partial charge in [0.15, 0.2) is 0 Å². The first-order valence-corrected chi connectivity index (χ1v) is 18.8. The minimum Gasteiger partial charge on any atom is -0.453 e. The first-order chi connectivity index (χ1) is 28.7. The molecule has 20 nitrogen and oxygen atoms in total. The number of rotatable bonds is 19. The predicted octanol–water partition coefficient (Wildman–Crippen LogP) is 4.39. The van der Waals surface area contributed by atoms with E-state index in [9.17, 15) is 63.7 Å². The van der Waals surface area contributed by atoms with Gasteiger partial charge >= 0.3 is 45.1 Å². The van der Waals surface area contributed by atoms with Crippen LogP contribution in [-0.2, 0) is 44.2 Å². The number of amides is 4. The number of hydrazine groups is 1. The van der Waals surface area contributed by atoms with Gasteiger partial charge in [-0.05, 0) is 45.9 Å². The molecular formula is C32H40F10N7O13P. The number of aromatic nitrogens is 2. The van der Waals surface area contributed by atoms with E-state index in [0.717, 1.165) is 19.4 Å². The lowest BCUT2D eigenvalue weighted by Gasteiger charge is -2.37. The Bertz CT molecular complexity index is 1970. The highest BCUT2D eigenvalue weighted by atomic mass is 31.2. The average Bonchev–Trinajstić information content (AvgIpc) is 3.65. The van der Waals surface area contributed by atoms with Crippen LogP contribution in [0.25, 0.3) is 11.3 Å². The van der Waals surface area contributed by atoms with Crippen LogP contribution in [0.5, 0.6) is 0 Å². The molecule has 0 radical (unpaired) electrons. The van der Waals surface area contributed by atoms with E-state index in [4.69, 9.17) is 14.5 Å². The number of halogens is 10. The van der Waals surface area contributed by atoms with Crippen LogP contribution in [0.3, 0.4) is 0 Å². The molecule has 3 atom stereocenters. The number of alkyl carbamates (subject to hydrolysis) is 2. The fourth-order valence-electron chi connectivity index (χ4n) is 4.91. The summed E-state index contributed by atoms with van der Waals surface area (Å²) in [5.41, 5.74) is -6.31. The van der Waals surface area contributed by atoms with Crippen molar-refractivity contribution in [1.82, 2.24) is 36.2 Å². The SMILES string of the molecule is COC(=O)NC(C(=O)NC[C@H](CN(Cc1c(F)cc(-c2ccn(C(F)F)n2)cc1F)NC(=O)[C@@H](NC(=O)OC)C(C)(C)C(F)(F)F)OC(=O)OCOP(=O)(O)O)C(C)(C)C(F)(F)F. The normalized spacial score (nSPS) is 14.0. The molecule has 1 aromatic carbocycles. The molecule has 2 rings (SSSR count). The van der Waals surface area contributed by atoms with E-state index in [1.807, 2.05) is 10.7 Å². The van der Waals surface area contributed by atoms with Crippen LogP contribution < -0.4 is 21.4 Å². The van der Waals surface area contributed by atoms with Gasteiger partial charge in [-0.25, -0.2) is 41.9 Å². The second-order valence-electron chi connectivity index (χ2n) is 13.9. The predicted molar refractivity (Wildman–Crippen MR) is 188 cm³/mol. The minimum absolute atomic E-state index is 0.137. The molecule has 31 heteroatoms. The summed E-state index contributed by atoms with van der Waals surface area (Å²) in [5, 5.41) is 9.01. The van der Waals surface area contributed by atoms with E-state index in [0.29, 0.717) is 51.9 Å². The Balaban J connectivity index is 2.73. The molecular weight excluding hydrogens is 911 g/mol. The molecule has 1 aromatic heterocycles. The molecule has 6 N–H and O–H groups in total. The zero-order chi connectivity index (χ0) is 48.5. The number of hydrogen-bond donors (Lipinski definition) is 6. The van der Waals surface area contributed by atoms with Gasteiger partial charge in [0.25, 0.3) is 5.91 Å². The van der Waals surface area contributed by atoms with Crippen LogP contribution in [0.4, 0.5) is 58.3 Å². The lowest BCUT2D eigenvalue weighted by Crippen LogP contribution is -2.62. The summed E-state index contributed by atoms with van der Waals surface area (Å²) in [6.45, 7) is -6.62. The van der Waals surface area contributed by atoms with Crippen molar-refractivity contribution in [3.05, 3.63) is 41.6 Å². The highest BCUT2D eigenvalue weighted by Crippen LogP contribution is 2.42. The van der Waals surface area contributed by atoms with Crippen molar-refractivity contribution >= 4 is 38.0 Å². The van der Waals surface area contributed by atoms with Crippen LogP contribution in [0.2, 0.25) is 0 Å². The quantitative estimate of drug-likeness (QED) is 0.0285. The van der Waals surface area contributed by atoms with Gasteiger partial charge < -0.3 is 44.7 Å². The number of benzene rings is 1. The summed E-state index contributed by atoms with van der Waals surface area (Å²) in [7, 11) is -3.86. The van der Waals surface area contributed by atoms with E-state index < -0.39 is 135 Å². The first-order valence-electron chi connectivity index (χ1n) is 17.3. The second-order valence-corrected chi connectivity index (χ2v) is 15.2. The molecule has 1 heterocycles. The van der Waals surface area contributed by atoms with Crippen molar-refractivity contribution in [3.63, 3.8) is 0 Å². The fourth-order valence-corrected chi connectivity index (χ4v) is 5.10. The van der Waals surface area contributed by atoms with Gasteiger partial charge in [0.05, 0.1) is 43.8 Å². The smallest absolute Gasteiger partial charge is 0.453 e. The van der Waals surface area contributed by atoms with Crippen molar-refractivity contribution in [2.24, 2.45) is 10.8 Å². The number of ether oxygens (including phenoxy) is 4. The van der Waals surface area contributed by atoms with Gasteiger partial charge in [-0.2, -0.15) is 40.2 Å². The molecule has 0 aliphatic heterocycles. The third-order valence-electron chi connectivity index (χ3n) is 8.78. The topological polar surface area (TPSA) is 258 Å². The van der Waals surface area contributed by atoms with Gasteiger partial charge in [-0.3, -0.25) is 15.0 Å². The molecule has 1 unspecified atom stereocenters. The number of nitrogens with zero attached hydrogens (tertiary/aromatic N) is 3. The van der Waals surface area contributed by atoms with Crippen LogP contribution in [0.15, 0.2) is 24.4 Å². The fraction of sp³-hybridized carbons (Fsp3) is 0.562. The van der Waals surface area contributed by atoms with E-state index in [2.05, 4.69) is 23.8 Å². The summed E-state index contributed by atoms with van der Waals surface area (Å²) in [6, 6.07) is -3.11. The van der Waals surface area contributed by atoms with Crippen LogP contribution in [0.1, 0.15) is 39.8 Å². The third-order valence-corrected chi connectivity index (χ3v) is 9.22. The van der Waals surface area contributed by atoms with E-state index >= 15 is 8.78 Å². The number of hydrogen-bond acceptors (Lipinski definition) is 13. The Morgan fingerprint density at radius 1 is 0.857 bits per heavy atom. The van der Waals surface area contributed by atoms with Crippen molar-refractivity contribution in [2.45, 2.75) is 71.3 Å². The molecule has 0 saturated heterocycles. The summed E-state index contributed by atoms with van der Waals surface area (Å²) < 4.78 is 175. The monoisotopic (exact) mass is 951 g/mol. The molecule has 0 spiro atoms. The number of methoxy groups -OCH3 is 2. The van der Waals surface area contributed by atoms with E-state index in [1.54, 1.807) is 10.6 Å². The summed E-state index contributed by atoms with van der Waals surface area (Å²) >= 11 is 0. The van der Waals surface area contributed by atoms with Gasteiger partial charge in [-0.15, -0.1) is 0 Å². The van der Waals surface area contributed by atoms with Crippen LogP contribution in [0, 0.1) is 22.5 Å². The Hall–Kier alpha value is -5.45. The zero-order valence-electron chi connectivity index (χ0n) is 33.4. The summed E-state index contributed by atoms with van der Waals surface area (Å²) in [4.78, 5) is 81.3. The van der Waals surface area contributed by atoms with Gasteiger partial charge in [0.2, 0.25) is 12.7 Å². The first kappa shape index (κ1) is 53.7. The van der Waals surface area contributed by atoms with Crippen molar-refractivity contribution in [1.29, 1.82) is 0 Å². The summed E-state index contributed by atoms with van der Waals surface area (Å²) in [6.07, 6.45) is -17.0. The zero-order valence-corrected chi connectivity index (χ0v) is 34.3. The summed E-state index contributed by atoms with van der Waals surface area (Å²) in [5.74, 6) is -6.54. The molecule has 2 aromatic rings. The maximum absolute atomic E-state index is 15.7. The Kier molecular flexibility index (Phi) is 18.1. The standard InChI is InChI=1S/C32H40F10N7O13P/c1-29(2,31(37,38)39)21(44-26(52)58-5)23(50)43-11-16(62-28(54)60-14-61-63(55,56)57)12-48(47-24(51)22(45-27(53)59-6)30(3,4)32(40,41)42)13-17-18(33)9-15(10-19(17)34)20-7-8-49(46-20)25(35)36/h7-10,16,21-22,25H,11-14H2,1-6H3,(H,43,50)(H,44,52)(H,45,53)(H,47,51)(H2,55,56,57)/t16-,21?,22-/m1/s1. The largest absolute Gasteiger partial charge is 0.510 e. The number of phosphoric acid groups is 1. The van der Waals surface area contributed by atoms with Gasteiger partial charge in [0, 0.05) is 23.9 Å². The Labute approximate surface area is 349 Å². The van der Waals surface area contributed by atoms with E-state index in [1.165, 1.54) is 0 Å². The number of carbonyl (C=O) groups excluding carboxylic acids is 5. The lowest BCUT2D eigenvalue weighted by molar-refractivity contribution is -0.221.